The second-order valence-corrected chi connectivity index (χ2v) is 4.03. The van der Waals surface area contributed by atoms with Gasteiger partial charge >= 0.3 is 0 Å². The molecule has 0 unspecified atom stereocenters. The summed E-state index contributed by atoms with van der Waals surface area (Å²) < 4.78 is 0. The molecule has 2 rings (SSSR count). The summed E-state index contributed by atoms with van der Waals surface area (Å²) >= 11 is 0. The number of rotatable bonds is 2. The molecule has 1 aromatic carbocycles. The fourth-order valence-electron chi connectivity index (χ4n) is 2.31. The highest BCUT2D eigenvalue weighted by molar-refractivity contribution is 5.31. The molecule has 1 heterocycles. The van der Waals surface area contributed by atoms with Crippen LogP contribution in [0.3, 0.4) is 0 Å². The van der Waals surface area contributed by atoms with E-state index in [9.17, 15) is 5.11 Å². The Morgan fingerprint density at radius 3 is 3.00 bits per heavy atom. The Labute approximate surface area is 85.0 Å². The molecule has 14 heavy (non-hydrogen) atoms. The quantitative estimate of drug-likeness (QED) is 0.750. The van der Waals surface area contributed by atoms with Crippen LogP contribution in [-0.4, -0.2) is 18.2 Å². The molecule has 1 saturated heterocycles. The lowest BCUT2D eigenvalue weighted by Crippen LogP contribution is -2.09. The van der Waals surface area contributed by atoms with Crippen LogP contribution < -0.4 is 5.32 Å². The van der Waals surface area contributed by atoms with Gasteiger partial charge in [0.25, 0.3) is 0 Å². The van der Waals surface area contributed by atoms with Gasteiger partial charge in [-0.3, -0.25) is 0 Å². The largest absolute Gasteiger partial charge is 0.508 e. The molecule has 76 valence electrons. The van der Waals surface area contributed by atoms with Gasteiger partial charge in [0.2, 0.25) is 0 Å². The first-order chi connectivity index (χ1) is 6.81. The Morgan fingerprint density at radius 2 is 2.29 bits per heavy atom. The molecule has 0 saturated carbocycles. The molecule has 1 aliphatic heterocycles. The topological polar surface area (TPSA) is 32.3 Å². The Balaban J connectivity index is 2.21. The van der Waals surface area contributed by atoms with Crippen molar-refractivity contribution in [3.05, 3.63) is 29.8 Å². The number of benzene rings is 1. The Morgan fingerprint density at radius 1 is 1.43 bits per heavy atom. The zero-order valence-electron chi connectivity index (χ0n) is 8.53. The highest BCUT2D eigenvalue weighted by Crippen LogP contribution is 2.31. The number of hydrogen-bond donors (Lipinski definition) is 2. The minimum atomic E-state index is 0.379. The van der Waals surface area contributed by atoms with Gasteiger partial charge in [-0.1, -0.05) is 25.5 Å². The van der Waals surface area contributed by atoms with Crippen LogP contribution in [-0.2, 0) is 0 Å². The van der Waals surface area contributed by atoms with Crippen molar-refractivity contribution in [1.29, 1.82) is 0 Å². The molecule has 1 fully saturated rings. The molecule has 0 amide bonds. The lowest BCUT2D eigenvalue weighted by molar-refractivity contribution is 0.468. The van der Waals surface area contributed by atoms with Crippen LogP contribution in [0.1, 0.15) is 24.8 Å². The summed E-state index contributed by atoms with van der Waals surface area (Å²) in [6, 6.07) is 7.66. The van der Waals surface area contributed by atoms with Crippen LogP contribution in [0, 0.1) is 5.92 Å². The third-order valence-electron chi connectivity index (χ3n) is 3.16. The van der Waals surface area contributed by atoms with Crippen molar-refractivity contribution in [1.82, 2.24) is 5.32 Å². The monoisotopic (exact) mass is 191 g/mol. The summed E-state index contributed by atoms with van der Waals surface area (Å²) in [6.07, 6.45) is 1.20. The van der Waals surface area contributed by atoms with E-state index >= 15 is 0 Å². The molecule has 2 nitrogen and oxygen atoms in total. The minimum Gasteiger partial charge on any atom is -0.508 e. The molecular weight excluding hydrogens is 174 g/mol. The lowest BCUT2D eigenvalue weighted by Gasteiger charge is -2.17. The van der Waals surface area contributed by atoms with E-state index in [2.05, 4.69) is 18.3 Å². The van der Waals surface area contributed by atoms with Crippen molar-refractivity contribution in [2.24, 2.45) is 5.92 Å². The highest BCUT2D eigenvalue weighted by atomic mass is 16.3. The summed E-state index contributed by atoms with van der Waals surface area (Å²) in [5.41, 5.74) is 1.27. The van der Waals surface area contributed by atoms with Crippen molar-refractivity contribution in [2.45, 2.75) is 19.3 Å². The van der Waals surface area contributed by atoms with E-state index in [-0.39, 0.29) is 0 Å². The molecule has 1 aliphatic rings. The molecule has 2 N–H and O–H groups in total. The number of aromatic hydroxyl groups is 1. The average molecular weight is 191 g/mol. The van der Waals surface area contributed by atoms with Gasteiger partial charge in [0.1, 0.15) is 5.75 Å². The van der Waals surface area contributed by atoms with Gasteiger partial charge in [-0.2, -0.15) is 0 Å². The molecule has 0 aromatic heterocycles. The molecule has 2 atom stereocenters. The predicted molar refractivity (Wildman–Crippen MR) is 57.5 cm³/mol. The Bertz CT molecular complexity index is 311. The first-order valence-electron chi connectivity index (χ1n) is 5.31. The Kier molecular flexibility index (Phi) is 2.73. The summed E-state index contributed by atoms with van der Waals surface area (Å²) in [5, 5.41) is 12.8. The molecule has 0 spiro atoms. The predicted octanol–water partition coefficient (Wildman–Crippen LogP) is 2.11. The Hall–Kier alpha value is -1.02. The van der Waals surface area contributed by atoms with Gasteiger partial charge < -0.3 is 10.4 Å². The maximum atomic E-state index is 9.41. The van der Waals surface area contributed by atoms with Gasteiger partial charge in [0, 0.05) is 12.5 Å². The maximum Gasteiger partial charge on any atom is 0.115 e. The SMILES string of the molecule is CC[C@H]1CNC[C@H]1c1cccc(O)c1. The van der Waals surface area contributed by atoms with E-state index < -0.39 is 0 Å². The second-order valence-electron chi connectivity index (χ2n) is 4.03. The van der Waals surface area contributed by atoms with Crippen molar-refractivity contribution < 1.29 is 5.11 Å². The number of phenolic OH excluding ortho intramolecular Hbond substituents is 1. The first-order valence-corrected chi connectivity index (χ1v) is 5.31. The van der Waals surface area contributed by atoms with E-state index in [1.807, 2.05) is 12.1 Å². The highest BCUT2D eigenvalue weighted by Gasteiger charge is 2.26. The van der Waals surface area contributed by atoms with E-state index in [4.69, 9.17) is 0 Å². The molecule has 0 aliphatic carbocycles. The minimum absolute atomic E-state index is 0.379. The van der Waals surface area contributed by atoms with E-state index in [1.165, 1.54) is 12.0 Å². The zero-order valence-corrected chi connectivity index (χ0v) is 8.53. The van der Waals surface area contributed by atoms with Gasteiger partial charge in [-0.25, -0.2) is 0 Å². The summed E-state index contributed by atoms with van der Waals surface area (Å²) in [6.45, 7) is 4.38. The molecule has 2 heteroatoms. The normalized spacial score (nSPS) is 26.6. The van der Waals surface area contributed by atoms with Crippen molar-refractivity contribution in [3.63, 3.8) is 0 Å². The maximum absolute atomic E-state index is 9.41. The smallest absolute Gasteiger partial charge is 0.115 e. The molecule has 0 radical (unpaired) electrons. The number of hydrogen-bond acceptors (Lipinski definition) is 2. The van der Waals surface area contributed by atoms with Gasteiger partial charge in [0.05, 0.1) is 0 Å². The van der Waals surface area contributed by atoms with Crippen LogP contribution >= 0.6 is 0 Å². The van der Waals surface area contributed by atoms with E-state index in [1.54, 1.807) is 6.07 Å². The van der Waals surface area contributed by atoms with Crippen LogP contribution in [0.4, 0.5) is 0 Å². The van der Waals surface area contributed by atoms with Gasteiger partial charge in [0.15, 0.2) is 0 Å². The summed E-state index contributed by atoms with van der Waals surface area (Å²) in [5.74, 6) is 1.67. The third-order valence-corrected chi connectivity index (χ3v) is 3.16. The van der Waals surface area contributed by atoms with Crippen molar-refractivity contribution >= 4 is 0 Å². The van der Waals surface area contributed by atoms with Crippen LogP contribution in [0.25, 0.3) is 0 Å². The van der Waals surface area contributed by atoms with E-state index in [0.29, 0.717) is 11.7 Å². The molecule has 1 aromatic rings. The first kappa shape index (κ1) is 9.53. The average Bonchev–Trinajstić information content (AvgIpc) is 2.65. The molecular formula is C12H17NO. The number of phenols is 1. The van der Waals surface area contributed by atoms with E-state index in [0.717, 1.165) is 19.0 Å². The zero-order chi connectivity index (χ0) is 9.97. The fraction of sp³-hybridized carbons (Fsp3) is 0.500. The summed E-state index contributed by atoms with van der Waals surface area (Å²) in [7, 11) is 0. The van der Waals surface area contributed by atoms with Gasteiger partial charge in [-0.05, 0) is 30.2 Å². The third kappa shape index (κ3) is 1.75. The van der Waals surface area contributed by atoms with Crippen molar-refractivity contribution in [2.75, 3.05) is 13.1 Å². The van der Waals surface area contributed by atoms with Crippen LogP contribution in [0.15, 0.2) is 24.3 Å². The second kappa shape index (κ2) is 4.01. The summed E-state index contributed by atoms with van der Waals surface area (Å²) in [4.78, 5) is 0. The van der Waals surface area contributed by atoms with Gasteiger partial charge in [-0.15, -0.1) is 0 Å². The lowest BCUT2D eigenvalue weighted by atomic mass is 9.87. The number of nitrogens with one attached hydrogen (secondary N) is 1. The van der Waals surface area contributed by atoms with Crippen LogP contribution in [0.2, 0.25) is 0 Å². The molecule has 0 bridgehead atoms. The van der Waals surface area contributed by atoms with Crippen LogP contribution in [0.5, 0.6) is 5.75 Å². The standard InChI is InChI=1S/C12H17NO/c1-2-9-7-13-8-12(9)10-4-3-5-11(14)6-10/h3-6,9,12-14H,2,7-8H2,1H3/t9-,12+/m0/s1. The van der Waals surface area contributed by atoms with Crippen molar-refractivity contribution in [3.8, 4) is 5.75 Å². The fourth-order valence-corrected chi connectivity index (χ4v) is 2.31.